The summed E-state index contributed by atoms with van der Waals surface area (Å²) >= 11 is 0. The number of H-pyrrole nitrogens is 1. The van der Waals surface area contributed by atoms with Crippen molar-refractivity contribution in [2.24, 2.45) is 15.1 Å². The number of aryl methyl sites for hydroxylation is 1. The molecule has 1 atom stereocenters. The largest absolute Gasteiger partial charge is 0.342 e. The molecule has 126 valence electrons. The first-order valence-electron chi connectivity index (χ1n) is 8.31. The van der Waals surface area contributed by atoms with Crippen LogP contribution >= 0.6 is 0 Å². The van der Waals surface area contributed by atoms with E-state index in [9.17, 15) is 0 Å². The Labute approximate surface area is 149 Å². The summed E-state index contributed by atoms with van der Waals surface area (Å²) in [5.74, 6) is 2.18. The van der Waals surface area contributed by atoms with E-state index in [1.807, 2.05) is 61.7 Å². The molecule has 0 aliphatic carbocycles. The molecule has 0 amide bonds. The molecule has 0 fully saturated rings. The van der Waals surface area contributed by atoms with Crippen LogP contribution in [-0.4, -0.2) is 28.0 Å². The number of benzene rings is 2. The topological polar surface area (TPSA) is 77.8 Å². The van der Waals surface area contributed by atoms with Gasteiger partial charge in [0.2, 0.25) is 0 Å². The molecule has 26 heavy (non-hydrogen) atoms. The molecule has 0 saturated heterocycles. The molecule has 5 rings (SSSR count). The number of guanidine groups is 1. The van der Waals surface area contributed by atoms with Gasteiger partial charge in [0, 0.05) is 17.8 Å². The maximum Gasteiger partial charge on any atom is 0.287 e. The van der Waals surface area contributed by atoms with Crippen molar-refractivity contribution in [1.82, 2.24) is 14.6 Å². The second-order valence-electron chi connectivity index (χ2n) is 6.17. The van der Waals surface area contributed by atoms with Crippen LogP contribution in [0.15, 0.2) is 76.0 Å². The number of fused-ring (bicyclic) bond motifs is 2. The number of amidine groups is 1. The first-order valence-corrected chi connectivity index (χ1v) is 8.31. The highest BCUT2D eigenvalue weighted by molar-refractivity contribution is 6.38. The van der Waals surface area contributed by atoms with E-state index in [2.05, 4.69) is 25.3 Å². The summed E-state index contributed by atoms with van der Waals surface area (Å²) < 4.78 is 0.177. The van der Waals surface area contributed by atoms with Crippen LogP contribution in [0.25, 0.3) is 11.0 Å². The van der Waals surface area contributed by atoms with Crippen molar-refractivity contribution in [3.63, 3.8) is 0 Å². The standard InChI is InChI=1S/C19H16N7/c1-13-21-16-8-7-14(11-17(16)22-13)23-19-24-18-12-20-9-10-26(18,25-19)15-5-3-2-4-6-15/h2-12H,1H3,(H,21,22)(H,23,25)/q+1. The number of anilines is 1. The fraction of sp³-hybridized carbons (Fsp3) is 0.0526. The van der Waals surface area contributed by atoms with Crippen molar-refractivity contribution in [1.29, 1.82) is 0 Å². The fourth-order valence-corrected chi connectivity index (χ4v) is 3.20. The highest BCUT2D eigenvalue weighted by Crippen LogP contribution is 2.30. The van der Waals surface area contributed by atoms with Gasteiger partial charge in [-0.15, -0.1) is 0 Å². The molecule has 3 heterocycles. The summed E-state index contributed by atoms with van der Waals surface area (Å²) in [4.78, 5) is 16.5. The Kier molecular flexibility index (Phi) is 3.10. The summed E-state index contributed by atoms with van der Waals surface area (Å²) in [5.41, 5.74) is 3.81. The van der Waals surface area contributed by atoms with Gasteiger partial charge in [-0.1, -0.05) is 22.8 Å². The van der Waals surface area contributed by atoms with Gasteiger partial charge in [-0.2, -0.15) is 4.99 Å². The Morgan fingerprint density at radius 1 is 1.08 bits per heavy atom. The molecule has 2 aliphatic heterocycles. The third-order valence-corrected chi connectivity index (χ3v) is 4.39. The van der Waals surface area contributed by atoms with Crippen molar-refractivity contribution in [3.8, 4) is 0 Å². The third kappa shape index (κ3) is 2.26. The summed E-state index contributed by atoms with van der Waals surface area (Å²) in [6.07, 6.45) is 5.41. The Balaban J connectivity index is 1.54. The molecule has 7 heteroatoms. The van der Waals surface area contributed by atoms with E-state index in [0.29, 0.717) is 5.96 Å². The highest BCUT2D eigenvalue weighted by atomic mass is 15.7. The summed E-state index contributed by atoms with van der Waals surface area (Å²) in [6.45, 7) is 1.94. The van der Waals surface area contributed by atoms with Gasteiger partial charge in [-0.25, -0.2) is 4.98 Å². The third-order valence-electron chi connectivity index (χ3n) is 4.39. The zero-order valence-corrected chi connectivity index (χ0v) is 14.1. The molecule has 2 aliphatic rings. The molecule has 0 spiro atoms. The van der Waals surface area contributed by atoms with Gasteiger partial charge < -0.3 is 10.3 Å². The van der Waals surface area contributed by atoms with Gasteiger partial charge in [-0.05, 0) is 30.2 Å². The van der Waals surface area contributed by atoms with Crippen LogP contribution < -0.4 is 9.91 Å². The number of nitrogens with one attached hydrogen (secondary N) is 2. The number of nitrogens with zero attached hydrogens (tertiary/aromatic N) is 5. The van der Waals surface area contributed by atoms with Gasteiger partial charge in [-0.3, -0.25) is 4.99 Å². The van der Waals surface area contributed by atoms with Crippen molar-refractivity contribution in [2.45, 2.75) is 6.92 Å². The normalized spacial score (nSPS) is 20.8. The smallest absolute Gasteiger partial charge is 0.287 e. The second-order valence-corrected chi connectivity index (χ2v) is 6.17. The first-order chi connectivity index (χ1) is 12.7. The average Bonchev–Trinajstić information content (AvgIpc) is 3.21. The lowest BCUT2D eigenvalue weighted by Gasteiger charge is -2.23. The van der Waals surface area contributed by atoms with Crippen LogP contribution in [0.3, 0.4) is 0 Å². The number of aromatic amines is 1. The van der Waals surface area contributed by atoms with Crippen molar-refractivity contribution in [3.05, 3.63) is 66.8 Å². The summed E-state index contributed by atoms with van der Waals surface area (Å²) in [6, 6.07) is 16.0. The average molecular weight is 342 g/mol. The Hall–Kier alpha value is -3.58. The fourth-order valence-electron chi connectivity index (χ4n) is 3.20. The van der Waals surface area contributed by atoms with Crippen LogP contribution in [0.2, 0.25) is 0 Å². The zero-order chi connectivity index (χ0) is 17.6. The SMILES string of the molecule is Cc1nc2cc(NC3=N[N+]4(c5ccccc5)C=CN=CC4=N3)ccc2[nH]1. The van der Waals surface area contributed by atoms with Crippen molar-refractivity contribution < 1.29 is 0 Å². The van der Waals surface area contributed by atoms with Crippen LogP contribution in [-0.2, 0) is 0 Å². The molecule has 2 aromatic carbocycles. The minimum atomic E-state index is 0.177. The second kappa shape index (κ2) is 5.47. The van der Waals surface area contributed by atoms with E-state index in [1.54, 1.807) is 12.4 Å². The number of quaternary nitrogens is 1. The Morgan fingerprint density at radius 3 is 2.85 bits per heavy atom. The van der Waals surface area contributed by atoms with E-state index in [-0.39, 0.29) is 4.59 Å². The molecular formula is C19H16N7+. The van der Waals surface area contributed by atoms with Crippen molar-refractivity contribution in [2.75, 3.05) is 5.32 Å². The lowest BCUT2D eigenvalue weighted by Crippen LogP contribution is -2.44. The molecular weight excluding hydrogens is 326 g/mol. The Morgan fingerprint density at radius 2 is 1.96 bits per heavy atom. The summed E-state index contributed by atoms with van der Waals surface area (Å²) in [7, 11) is 0. The van der Waals surface area contributed by atoms with Crippen LogP contribution in [0.5, 0.6) is 0 Å². The minimum absolute atomic E-state index is 0.177. The molecule has 1 unspecified atom stereocenters. The number of para-hydroxylation sites is 1. The first kappa shape index (κ1) is 14.7. The molecule has 7 nitrogen and oxygen atoms in total. The van der Waals surface area contributed by atoms with E-state index in [0.717, 1.165) is 34.1 Å². The number of hydrogen-bond acceptors (Lipinski definition) is 5. The number of imidazole rings is 1. The molecule has 0 bridgehead atoms. The lowest BCUT2D eigenvalue weighted by molar-refractivity contribution is 0.592. The van der Waals surface area contributed by atoms with Gasteiger partial charge >= 0.3 is 0 Å². The van der Waals surface area contributed by atoms with Crippen molar-refractivity contribution >= 4 is 40.4 Å². The van der Waals surface area contributed by atoms with E-state index in [4.69, 9.17) is 5.10 Å². The number of aromatic nitrogens is 2. The van der Waals surface area contributed by atoms with Crippen LogP contribution in [0, 0.1) is 6.92 Å². The van der Waals surface area contributed by atoms with Crippen LogP contribution in [0.1, 0.15) is 5.82 Å². The van der Waals surface area contributed by atoms with Gasteiger partial charge in [0.1, 0.15) is 12.0 Å². The maximum absolute atomic E-state index is 4.83. The molecule has 0 saturated carbocycles. The van der Waals surface area contributed by atoms with Gasteiger partial charge in [0.05, 0.1) is 17.2 Å². The van der Waals surface area contributed by atoms with Crippen LogP contribution in [0.4, 0.5) is 11.4 Å². The predicted octanol–water partition coefficient (Wildman–Crippen LogP) is 3.53. The maximum atomic E-state index is 4.83. The predicted molar refractivity (Wildman–Crippen MR) is 105 cm³/mol. The molecule has 1 aromatic heterocycles. The van der Waals surface area contributed by atoms with E-state index >= 15 is 0 Å². The molecule has 3 aromatic rings. The quantitative estimate of drug-likeness (QED) is 0.699. The number of aliphatic imine (C=N–C) groups is 2. The summed E-state index contributed by atoms with van der Waals surface area (Å²) in [5, 5.41) is 8.12. The molecule has 2 N–H and O–H groups in total. The Bertz CT molecular complexity index is 1120. The minimum Gasteiger partial charge on any atom is -0.342 e. The lowest BCUT2D eigenvalue weighted by atomic mass is 10.2. The zero-order valence-electron chi connectivity index (χ0n) is 14.1. The van der Waals surface area contributed by atoms with E-state index in [1.165, 1.54) is 0 Å². The van der Waals surface area contributed by atoms with Gasteiger partial charge in [0.15, 0.2) is 11.9 Å². The monoisotopic (exact) mass is 342 g/mol. The number of rotatable bonds is 2. The van der Waals surface area contributed by atoms with Gasteiger partial charge in [0.25, 0.3) is 11.8 Å². The number of hydrogen-bond donors (Lipinski definition) is 2. The van der Waals surface area contributed by atoms with E-state index < -0.39 is 0 Å². The highest BCUT2D eigenvalue weighted by Gasteiger charge is 2.42. The molecule has 0 radical (unpaired) electrons.